The van der Waals surface area contributed by atoms with E-state index < -0.39 is 4.92 Å². The summed E-state index contributed by atoms with van der Waals surface area (Å²) in [5.74, 6) is -0.175. The summed E-state index contributed by atoms with van der Waals surface area (Å²) in [4.78, 5) is 23.7. The maximum Gasteiger partial charge on any atom is 0.269 e. The Morgan fingerprint density at radius 3 is 2.30 bits per heavy atom. The number of carbonyl (C=O) groups is 1. The van der Waals surface area contributed by atoms with Gasteiger partial charge in [0.15, 0.2) is 0 Å². The molecule has 0 radical (unpaired) electrons. The molecular formula is C17H15N3O3. The maximum atomic E-state index is 12.0. The van der Waals surface area contributed by atoms with E-state index in [2.05, 4.69) is 6.07 Å². The van der Waals surface area contributed by atoms with Gasteiger partial charge in [0.05, 0.1) is 24.0 Å². The zero-order valence-corrected chi connectivity index (χ0v) is 12.6. The van der Waals surface area contributed by atoms with Gasteiger partial charge in [0.2, 0.25) is 5.91 Å². The molecule has 1 amide bonds. The number of nitriles is 1. The smallest absolute Gasteiger partial charge is 0.269 e. The summed E-state index contributed by atoms with van der Waals surface area (Å²) in [6, 6.07) is 15.4. The summed E-state index contributed by atoms with van der Waals surface area (Å²) >= 11 is 0. The number of amides is 1. The summed E-state index contributed by atoms with van der Waals surface area (Å²) < 4.78 is 0. The van der Waals surface area contributed by atoms with Crippen LogP contribution < -0.4 is 4.90 Å². The molecule has 6 heteroatoms. The Labute approximate surface area is 133 Å². The molecule has 0 heterocycles. The number of carbonyl (C=O) groups excluding carboxylic acids is 1. The van der Waals surface area contributed by atoms with Crippen molar-refractivity contribution in [3.8, 4) is 6.07 Å². The Hall–Kier alpha value is -3.20. The fourth-order valence-corrected chi connectivity index (χ4v) is 2.28. The molecule has 0 fully saturated rings. The lowest BCUT2D eigenvalue weighted by Gasteiger charge is -2.22. The van der Waals surface area contributed by atoms with Crippen LogP contribution >= 0.6 is 0 Å². The van der Waals surface area contributed by atoms with Gasteiger partial charge in [-0.2, -0.15) is 5.26 Å². The van der Waals surface area contributed by atoms with E-state index in [-0.39, 0.29) is 18.0 Å². The number of rotatable bonds is 5. The number of anilines is 1. The van der Waals surface area contributed by atoms with Crippen molar-refractivity contribution in [2.45, 2.75) is 19.9 Å². The molecule has 0 bridgehead atoms. The molecule has 0 spiro atoms. The van der Waals surface area contributed by atoms with Gasteiger partial charge in [0, 0.05) is 24.7 Å². The number of nitro groups is 1. The van der Waals surface area contributed by atoms with Gasteiger partial charge in [-0.25, -0.2) is 0 Å². The Kier molecular flexibility index (Phi) is 5.05. The molecule has 6 nitrogen and oxygen atoms in total. The van der Waals surface area contributed by atoms with Crippen LogP contribution in [0.15, 0.2) is 48.5 Å². The normalized spacial score (nSPS) is 9.91. The van der Waals surface area contributed by atoms with Crippen molar-refractivity contribution in [1.82, 2.24) is 0 Å². The van der Waals surface area contributed by atoms with Crippen LogP contribution in [0.1, 0.15) is 18.1 Å². The van der Waals surface area contributed by atoms with E-state index in [9.17, 15) is 14.9 Å². The largest absolute Gasteiger partial charge is 0.308 e. The van der Waals surface area contributed by atoms with Crippen LogP contribution in [-0.4, -0.2) is 10.8 Å². The number of nitro benzene ring substituents is 1. The highest BCUT2D eigenvalue weighted by atomic mass is 16.6. The molecule has 2 aromatic rings. The Balaban J connectivity index is 2.31. The van der Waals surface area contributed by atoms with E-state index >= 15 is 0 Å². The highest BCUT2D eigenvalue weighted by Gasteiger charge is 2.15. The fourth-order valence-electron chi connectivity index (χ4n) is 2.28. The number of non-ortho nitro benzene ring substituents is 1. The lowest BCUT2D eigenvalue weighted by molar-refractivity contribution is -0.384. The molecule has 0 N–H and O–H groups in total. The lowest BCUT2D eigenvalue weighted by atomic mass is 10.0. The number of nitrogens with zero attached hydrogens (tertiary/aromatic N) is 3. The molecule has 116 valence electrons. The van der Waals surface area contributed by atoms with Gasteiger partial charge >= 0.3 is 0 Å². The number of hydrogen-bond donors (Lipinski definition) is 0. The summed E-state index contributed by atoms with van der Waals surface area (Å²) in [7, 11) is 0. The van der Waals surface area contributed by atoms with Gasteiger partial charge in [-0.3, -0.25) is 14.9 Å². The standard InChI is InChI=1S/C17H15N3O3/c1-13(21)19(16-6-8-17(9-7-16)20(22)23)12-15-5-3-2-4-14(15)10-11-18/h2-9H,10,12H2,1H3. The van der Waals surface area contributed by atoms with Crippen LogP contribution in [0.2, 0.25) is 0 Å². The summed E-state index contributed by atoms with van der Waals surface area (Å²) in [6.07, 6.45) is 0.266. The topological polar surface area (TPSA) is 87.2 Å². The van der Waals surface area contributed by atoms with Crippen LogP contribution in [0.4, 0.5) is 11.4 Å². The van der Waals surface area contributed by atoms with E-state index in [1.807, 2.05) is 24.3 Å². The molecule has 0 atom stereocenters. The van der Waals surface area contributed by atoms with E-state index in [0.29, 0.717) is 12.2 Å². The third-order valence-corrected chi connectivity index (χ3v) is 3.47. The minimum Gasteiger partial charge on any atom is -0.308 e. The minimum absolute atomic E-state index is 0.0258. The average molecular weight is 309 g/mol. The zero-order chi connectivity index (χ0) is 16.8. The molecule has 0 aliphatic heterocycles. The highest BCUT2D eigenvalue weighted by Crippen LogP contribution is 2.22. The molecular weight excluding hydrogens is 294 g/mol. The Morgan fingerprint density at radius 1 is 1.17 bits per heavy atom. The first-order valence-electron chi connectivity index (χ1n) is 6.99. The Bertz CT molecular complexity index is 763. The van der Waals surface area contributed by atoms with Crippen molar-refractivity contribution in [3.05, 3.63) is 69.8 Å². The first-order chi connectivity index (χ1) is 11.0. The monoisotopic (exact) mass is 309 g/mol. The van der Waals surface area contributed by atoms with E-state index in [0.717, 1.165) is 11.1 Å². The molecule has 23 heavy (non-hydrogen) atoms. The first kappa shape index (κ1) is 16.2. The molecule has 0 saturated heterocycles. The summed E-state index contributed by atoms with van der Waals surface area (Å²) in [5, 5.41) is 19.6. The van der Waals surface area contributed by atoms with Crippen LogP contribution in [0.3, 0.4) is 0 Å². The van der Waals surface area contributed by atoms with Crippen molar-refractivity contribution in [2.75, 3.05) is 4.90 Å². The van der Waals surface area contributed by atoms with Crippen molar-refractivity contribution in [2.24, 2.45) is 0 Å². The number of hydrogen-bond acceptors (Lipinski definition) is 4. The second-order valence-corrected chi connectivity index (χ2v) is 4.98. The second-order valence-electron chi connectivity index (χ2n) is 4.98. The lowest BCUT2D eigenvalue weighted by Crippen LogP contribution is -2.28. The predicted molar refractivity (Wildman–Crippen MR) is 85.7 cm³/mol. The van der Waals surface area contributed by atoms with Gasteiger partial charge in [0.1, 0.15) is 0 Å². The second kappa shape index (κ2) is 7.18. The SMILES string of the molecule is CC(=O)N(Cc1ccccc1CC#N)c1ccc([N+](=O)[O-])cc1. The molecule has 0 unspecified atom stereocenters. The average Bonchev–Trinajstić information content (AvgIpc) is 2.54. The zero-order valence-electron chi connectivity index (χ0n) is 12.6. The summed E-state index contributed by atoms with van der Waals surface area (Å²) in [5.41, 5.74) is 2.29. The van der Waals surface area contributed by atoms with Crippen molar-refractivity contribution >= 4 is 17.3 Å². The van der Waals surface area contributed by atoms with Gasteiger partial charge in [0.25, 0.3) is 5.69 Å². The minimum atomic E-state index is -0.482. The third kappa shape index (κ3) is 3.92. The predicted octanol–water partition coefficient (Wildman–Crippen LogP) is 3.21. The molecule has 2 rings (SSSR count). The van der Waals surface area contributed by atoms with Gasteiger partial charge in [-0.15, -0.1) is 0 Å². The quantitative estimate of drug-likeness (QED) is 0.626. The van der Waals surface area contributed by atoms with Crippen LogP contribution in [0, 0.1) is 21.4 Å². The highest BCUT2D eigenvalue weighted by molar-refractivity contribution is 5.91. The van der Waals surface area contributed by atoms with Crippen LogP contribution in [-0.2, 0) is 17.8 Å². The fraction of sp³-hybridized carbons (Fsp3) is 0.176. The third-order valence-electron chi connectivity index (χ3n) is 3.47. The molecule has 2 aromatic carbocycles. The molecule has 0 aromatic heterocycles. The van der Waals surface area contributed by atoms with Gasteiger partial charge < -0.3 is 4.90 Å². The molecule has 0 saturated carbocycles. The summed E-state index contributed by atoms with van der Waals surface area (Å²) in [6.45, 7) is 1.75. The van der Waals surface area contributed by atoms with Crippen molar-refractivity contribution < 1.29 is 9.72 Å². The van der Waals surface area contributed by atoms with Gasteiger partial charge in [-0.1, -0.05) is 24.3 Å². The van der Waals surface area contributed by atoms with Crippen LogP contribution in [0.25, 0.3) is 0 Å². The van der Waals surface area contributed by atoms with Crippen LogP contribution in [0.5, 0.6) is 0 Å². The molecule has 0 aliphatic rings. The number of benzene rings is 2. The van der Waals surface area contributed by atoms with Gasteiger partial charge in [-0.05, 0) is 23.3 Å². The van der Waals surface area contributed by atoms with E-state index in [4.69, 9.17) is 5.26 Å². The first-order valence-corrected chi connectivity index (χ1v) is 6.99. The van der Waals surface area contributed by atoms with Crippen molar-refractivity contribution in [3.63, 3.8) is 0 Å². The molecule has 0 aliphatic carbocycles. The van der Waals surface area contributed by atoms with Crippen molar-refractivity contribution in [1.29, 1.82) is 5.26 Å². The van der Waals surface area contributed by atoms with E-state index in [1.165, 1.54) is 24.0 Å². The maximum absolute atomic E-state index is 12.0. The Morgan fingerprint density at radius 2 is 1.78 bits per heavy atom. The van der Waals surface area contributed by atoms with E-state index in [1.54, 1.807) is 12.1 Å².